The molecule has 0 saturated carbocycles. The molecule has 120 valence electrons. The van der Waals surface area contributed by atoms with Crippen LogP contribution in [-0.2, 0) is 16.1 Å². The number of halogens is 2. The number of benzene rings is 1. The molecule has 23 heavy (non-hydrogen) atoms. The number of nitrogens with one attached hydrogen (secondary N) is 1. The standard InChI is InChI=1S/C16H14F2N2O3/c17-12-4-1-5-13(18)15(12)19-16(22)10-7-14(21)20(8-10)9-11-3-2-6-23-11/h1-6,10H,7-9H2,(H,19,22). The average Bonchev–Trinajstić information content (AvgIpc) is 3.14. The van der Waals surface area contributed by atoms with Gasteiger partial charge in [0.05, 0.1) is 18.7 Å². The fraction of sp³-hybridized carbons (Fsp3) is 0.250. The highest BCUT2D eigenvalue weighted by molar-refractivity contribution is 5.97. The molecule has 1 aromatic heterocycles. The van der Waals surface area contributed by atoms with Crippen LogP contribution in [-0.4, -0.2) is 23.3 Å². The molecule has 2 amide bonds. The molecule has 1 atom stereocenters. The number of rotatable bonds is 4. The van der Waals surface area contributed by atoms with Crippen molar-refractivity contribution in [3.8, 4) is 0 Å². The molecule has 1 fully saturated rings. The number of furan rings is 1. The van der Waals surface area contributed by atoms with Crippen LogP contribution in [0.25, 0.3) is 0 Å². The van der Waals surface area contributed by atoms with Crippen LogP contribution in [0.1, 0.15) is 12.2 Å². The first kappa shape index (κ1) is 15.2. The molecule has 3 rings (SSSR count). The lowest BCUT2D eigenvalue weighted by atomic mass is 10.1. The Kier molecular flexibility index (Phi) is 4.10. The summed E-state index contributed by atoms with van der Waals surface area (Å²) in [6, 6.07) is 6.77. The molecule has 1 unspecified atom stereocenters. The zero-order valence-corrected chi connectivity index (χ0v) is 12.1. The van der Waals surface area contributed by atoms with Crippen LogP contribution >= 0.6 is 0 Å². The molecule has 0 bridgehead atoms. The topological polar surface area (TPSA) is 62.6 Å². The first-order valence-corrected chi connectivity index (χ1v) is 7.09. The first-order valence-electron chi connectivity index (χ1n) is 7.09. The summed E-state index contributed by atoms with van der Waals surface area (Å²) in [6.45, 7) is 0.450. The summed E-state index contributed by atoms with van der Waals surface area (Å²) >= 11 is 0. The predicted molar refractivity (Wildman–Crippen MR) is 77.2 cm³/mol. The third kappa shape index (κ3) is 3.23. The van der Waals surface area contributed by atoms with E-state index in [4.69, 9.17) is 4.42 Å². The Labute approximate surface area is 130 Å². The Bertz CT molecular complexity index is 711. The van der Waals surface area contributed by atoms with E-state index in [9.17, 15) is 18.4 Å². The Balaban J connectivity index is 1.66. The van der Waals surface area contributed by atoms with E-state index < -0.39 is 29.1 Å². The van der Waals surface area contributed by atoms with Gasteiger partial charge in [-0.1, -0.05) is 6.07 Å². The van der Waals surface area contributed by atoms with Gasteiger partial charge in [0.2, 0.25) is 11.8 Å². The summed E-state index contributed by atoms with van der Waals surface area (Å²) in [5, 5.41) is 2.23. The van der Waals surface area contributed by atoms with Crippen LogP contribution in [0.2, 0.25) is 0 Å². The van der Waals surface area contributed by atoms with Gasteiger partial charge in [0.15, 0.2) is 0 Å². The van der Waals surface area contributed by atoms with Gasteiger partial charge in [-0.2, -0.15) is 0 Å². The van der Waals surface area contributed by atoms with E-state index >= 15 is 0 Å². The molecule has 1 N–H and O–H groups in total. The van der Waals surface area contributed by atoms with Crippen LogP contribution in [0.5, 0.6) is 0 Å². The predicted octanol–water partition coefficient (Wildman–Crippen LogP) is 2.55. The number of amides is 2. The molecule has 1 saturated heterocycles. The van der Waals surface area contributed by atoms with E-state index in [1.54, 1.807) is 12.1 Å². The van der Waals surface area contributed by atoms with E-state index in [1.165, 1.54) is 17.2 Å². The van der Waals surface area contributed by atoms with E-state index in [1.807, 2.05) is 0 Å². The molecule has 1 aromatic carbocycles. The van der Waals surface area contributed by atoms with Gasteiger partial charge in [-0.25, -0.2) is 8.78 Å². The minimum Gasteiger partial charge on any atom is -0.467 e. The highest BCUT2D eigenvalue weighted by atomic mass is 19.1. The second-order valence-electron chi connectivity index (χ2n) is 5.34. The molecule has 0 radical (unpaired) electrons. The quantitative estimate of drug-likeness (QED) is 0.941. The number of likely N-dealkylation sites (tertiary alicyclic amines) is 1. The summed E-state index contributed by atoms with van der Waals surface area (Å²) in [6.07, 6.45) is 1.50. The molecular weight excluding hydrogens is 306 g/mol. The van der Waals surface area contributed by atoms with Crippen LogP contribution < -0.4 is 5.32 Å². The van der Waals surface area contributed by atoms with Crippen molar-refractivity contribution in [1.82, 2.24) is 4.90 Å². The summed E-state index contributed by atoms with van der Waals surface area (Å²) in [5.41, 5.74) is -0.491. The number of hydrogen-bond donors (Lipinski definition) is 1. The van der Waals surface area contributed by atoms with Crippen molar-refractivity contribution in [2.24, 2.45) is 5.92 Å². The number of nitrogens with zero attached hydrogens (tertiary/aromatic N) is 1. The fourth-order valence-corrected chi connectivity index (χ4v) is 2.53. The first-order chi connectivity index (χ1) is 11.0. The number of hydrogen-bond acceptors (Lipinski definition) is 3. The van der Waals surface area contributed by atoms with Gasteiger partial charge in [0, 0.05) is 13.0 Å². The van der Waals surface area contributed by atoms with Gasteiger partial charge >= 0.3 is 0 Å². The minimum absolute atomic E-state index is 0.00259. The Morgan fingerprint density at radius 2 is 2.00 bits per heavy atom. The van der Waals surface area contributed by atoms with Crippen molar-refractivity contribution in [3.63, 3.8) is 0 Å². The van der Waals surface area contributed by atoms with Gasteiger partial charge in [-0.15, -0.1) is 0 Å². The van der Waals surface area contributed by atoms with Gasteiger partial charge in [-0.05, 0) is 24.3 Å². The summed E-state index contributed by atoms with van der Waals surface area (Å²) in [5.74, 6) is -2.53. The zero-order chi connectivity index (χ0) is 16.4. The highest BCUT2D eigenvalue weighted by Crippen LogP contribution is 2.24. The number of carbonyl (C=O) groups is 2. The molecule has 1 aliphatic rings. The normalized spacial score (nSPS) is 17.6. The van der Waals surface area contributed by atoms with E-state index in [2.05, 4.69) is 5.32 Å². The van der Waals surface area contributed by atoms with E-state index in [0.717, 1.165) is 12.1 Å². The molecule has 0 aliphatic carbocycles. The summed E-state index contributed by atoms with van der Waals surface area (Å²) < 4.78 is 32.3. The second kappa shape index (κ2) is 6.20. The molecule has 2 aromatic rings. The zero-order valence-electron chi connectivity index (χ0n) is 12.1. The monoisotopic (exact) mass is 320 g/mol. The van der Waals surface area contributed by atoms with Crippen LogP contribution in [0.4, 0.5) is 14.5 Å². The van der Waals surface area contributed by atoms with E-state index in [-0.39, 0.29) is 25.4 Å². The van der Waals surface area contributed by atoms with Gasteiger partial charge < -0.3 is 14.6 Å². The highest BCUT2D eigenvalue weighted by Gasteiger charge is 2.35. The van der Waals surface area contributed by atoms with Gasteiger partial charge in [-0.3, -0.25) is 9.59 Å². The maximum Gasteiger partial charge on any atom is 0.229 e. The van der Waals surface area contributed by atoms with Crippen molar-refractivity contribution >= 4 is 17.5 Å². The van der Waals surface area contributed by atoms with Gasteiger partial charge in [0.25, 0.3) is 0 Å². The molecule has 1 aliphatic heterocycles. The molecular formula is C16H14F2N2O3. The number of anilines is 1. The SMILES string of the molecule is O=C(Nc1c(F)cccc1F)C1CC(=O)N(Cc2ccco2)C1. The third-order valence-electron chi connectivity index (χ3n) is 3.72. The van der Waals surface area contributed by atoms with Crippen molar-refractivity contribution in [1.29, 1.82) is 0 Å². The third-order valence-corrected chi connectivity index (χ3v) is 3.72. The maximum absolute atomic E-state index is 13.6. The average molecular weight is 320 g/mol. The van der Waals surface area contributed by atoms with Crippen molar-refractivity contribution in [3.05, 3.63) is 54.0 Å². The smallest absolute Gasteiger partial charge is 0.229 e. The summed E-state index contributed by atoms with van der Waals surface area (Å²) in [7, 11) is 0. The fourth-order valence-electron chi connectivity index (χ4n) is 2.53. The van der Waals surface area contributed by atoms with Crippen LogP contribution in [0.3, 0.4) is 0 Å². The maximum atomic E-state index is 13.6. The number of carbonyl (C=O) groups excluding carboxylic acids is 2. The molecule has 2 heterocycles. The lowest BCUT2D eigenvalue weighted by Crippen LogP contribution is -2.28. The lowest BCUT2D eigenvalue weighted by molar-refractivity contribution is -0.128. The van der Waals surface area contributed by atoms with Crippen LogP contribution in [0, 0.1) is 17.6 Å². The minimum atomic E-state index is -0.852. The molecule has 7 heteroatoms. The molecule has 5 nitrogen and oxygen atoms in total. The van der Waals surface area contributed by atoms with Gasteiger partial charge in [0.1, 0.15) is 23.1 Å². The van der Waals surface area contributed by atoms with Crippen LogP contribution in [0.15, 0.2) is 41.0 Å². The largest absolute Gasteiger partial charge is 0.467 e. The van der Waals surface area contributed by atoms with Crippen molar-refractivity contribution in [2.45, 2.75) is 13.0 Å². The molecule has 0 spiro atoms. The van der Waals surface area contributed by atoms with Crippen molar-refractivity contribution < 1.29 is 22.8 Å². The Morgan fingerprint density at radius 3 is 2.65 bits per heavy atom. The lowest BCUT2D eigenvalue weighted by Gasteiger charge is -2.15. The Hall–Kier alpha value is -2.70. The van der Waals surface area contributed by atoms with Crippen molar-refractivity contribution in [2.75, 3.05) is 11.9 Å². The number of para-hydroxylation sites is 1. The van der Waals surface area contributed by atoms with E-state index in [0.29, 0.717) is 5.76 Å². The summed E-state index contributed by atoms with van der Waals surface area (Å²) in [4.78, 5) is 25.6. The second-order valence-corrected chi connectivity index (χ2v) is 5.34. The Morgan fingerprint density at radius 1 is 1.26 bits per heavy atom.